The Morgan fingerprint density at radius 3 is 2.09 bits per heavy atom. The molecule has 2 amide bonds. The zero-order chi connectivity index (χ0) is 32.4. The molecule has 0 bridgehead atoms. The van der Waals surface area contributed by atoms with Gasteiger partial charge in [0.15, 0.2) is 0 Å². The van der Waals surface area contributed by atoms with Crippen LogP contribution in [0.1, 0.15) is 43.9 Å². The molecule has 0 unspecified atom stereocenters. The standard InChI is InChI=1S/C36H40BrN3O4S/c1-4-27(3)38-36(42)34(24-28-15-8-6-9-16-28)39(25-29-17-14-19-31(37)23-29)35(41)26-40(33-22-13-12-18-30(33)5-2)45(43,44)32-20-10-7-11-21-32/h6-23,27,34H,4-5,24-26H2,1-3H3,(H,38,42)/t27-,34-/m1/s1. The number of rotatable bonds is 14. The van der Waals surface area contributed by atoms with Gasteiger partial charge in [-0.3, -0.25) is 13.9 Å². The number of benzene rings is 4. The van der Waals surface area contributed by atoms with Gasteiger partial charge in [-0.15, -0.1) is 0 Å². The minimum Gasteiger partial charge on any atom is -0.352 e. The normalized spacial score (nSPS) is 12.6. The maximum atomic E-state index is 14.6. The number of hydrogen-bond acceptors (Lipinski definition) is 4. The lowest BCUT2D eigenvalue weighted by Gasteiger charge is -2.34. The number of nitrogens with one attached hydrogen (secondary N) is 1. The second kappa shape index (κ2) is 15.9. The number of para-hydroxylation sites is 1. The Bertz CT molecular complexity index is 1680. The molecule has 0 aliphatic rings. The molecule has 4 rings (SSSR count). The lowest BCUT2D eigenvalue weighted by atomic mass is 10.0. The summed E-state index contributed by atoms with van der Waals surface area (Å²) in [6.45, 7) is 5.48. The van der Waals surface area contributed by atoms with E-state index in [0.717, 1.165) is 27.6 Å². The van der Waals surface area contributed by atoms with Crippen molar-refractivity contribution in [2.75, 3.05) is 10.8 Å². The van der Waals surface area contributed by atoms with Crippen LogP contribution in [0.15, 0.2) is 119 Å². The Balaban J connectivity index is 1.83. The summed E-state index contributed by atoms with van der Waals surface area (Å²) in [7, 11) is -4.14. The van der Waals surface area contributed by atoms with E-state index >= 15 is 0 Å². The maximum Gasteiger partial charge on any atom is 0.264 e. The van der Waals surface area contributed by atoms with Crippen LogP contribution in [0.25, 0.3) is 0 Å². The molecule has 4 aromatic carbocycles. The fraction of sp³-hybridized carbons (Fsp3) is 0.278. The van der Waals surface area contributed by atoms with E-state index in [9.17, 15) is 18.0 Å². The number of halogens is 1. The van der Waals surface area contributed by atoms with E-state index in [1.54, 1.807) is 30.3 Å². The van der Waals surface area contributed by atoms with Crippen LogP contribution < -0.4 is 9.62 Å². The van der Waals surface area contributed by atoms with E-state index in [2.05, 4.69) is 21.2 Å². The fourth-order valence-electron chi connectivity index (χ4n) is 5.11. The predicted molar refractivity (Wildman–Crippen MR) is 183 cm³/mol. The first-order valence-electron chi connectivity index (χ1n) is 15.2. The highest BCUT2D eigenvalue weighted by atomic mass is 79.9. The number of carbonyl (C=O) groups excluding carboxylic acids is 2. The second-order valence-corrected chi connectivity index (χ2v) is 13.8. The van der Waals surface area contributed by atoms with E-state index in [-0.39, 0.29) is 29.8 Å². The summed E-state index contributed by atoms with van der Waals surface area (Å²) in [5.74, 6) is -0.774. The van der Waals surface area contributed by atoms with Gasteiger partial charge in [0.05, 0.1) is 10.6 Å². The van der Waals surface area contributed by atoms with Gasteiger partial charge in [0, 0.05) is 23.5 Å². The SMILES string of the molecule is CCc1ccccc1N(CC(=O)N(Cc1cccc(Br)c1)[C@H](Cc1ccccc1)C(=O)N[C@H](C)CC)S(=O)(=O)c1ccccc1. The Morgan fingerprint density at radius 2 is 1.44 bits per heavy atom. The predicted octanol–water partition coefficient (Wildman–Crippen LogP) is 6.76. The molecular formula is C36H40BrN3O4S. The summed E-state index contributed by atoms with van der Waals surface area (Å²) < 4.78 is 30.4. The topological polar surface area (TPSA) is 86.8 Å². The van der Waals surface area contributed by atoms with Crippen LogP contribution in [0, 0.1) is 0 Å². The van der Waals surface area contributed by atoms with Crippen LogP contribution in [0.3, 0.4) is 0 Å². The minimum atomic E-state index is -4.14. The molecule has 45 heavy (non-hydrogen) atoms. The Hall–Kier alpha value is -3.95. The van der Waals surface area contributed by atoms with Gasteiger partial charge >= 0.3 is 0 Å². The summed E-state index contributed by atoms with van der Waals surface area (Å²) in [4.78, 5) is 30.2. The molecule has 2 atom stereocenters. The lowest BCUT2D eigenvalue weighted by Crippen LogP contribution is -2.54. The van der Waals surface area contributed by atoms with Crippen LogP contribution in [0.5, 0.6) is 0 Å². The van der Waals surface area contributed by atoms with Crippen molar-refractivity contribution in [3.63, 3.8) is 0 Å². The van der Waals surface area contributed by atoms with Gasteiger partial charge in [-0.05, 0) is 66.8 Å². The molecule has 0 fully saturated rings. The van der Waals surface area contributed by atoms with Gasteiger partial charge in [-0.25, -0.2) is 8.42 Å². The smallest absolute Gasteiger partial charge is 0.264 e. The number of nitrogens with zero attached hydrogens (tertiary/aromatic N) is 2. The van der Waals surface area contributed by atoms with Gasteiger partial charge < -0.3 is 10.2 Å². The highest BCUT2D eigenvalue weighted by Crippen LogP contribution is 2.28. The van der Waals surface area contributed by atoms with E-state index in [0.29, 0.717) is 12.1 Å². The zero-order valence-electron chi connectivity index (χ0n) is 25.9. The largest absolute Gasteiger partial charge is 0.352 e. The van der Waals surface area contributed by atoms with Crippen molar-refractivity contribution in [1.82, 2.24) is 10.2 Å². The molecule has 7 nitrogen and oxygen atoms in total. The van der Waals surface area contributed by atoms with E-state index < -0.39 is 28.5 Å². The molecular weight excluding hydrogens is 650 g/mol. The second-order valence-electron chi connectivity index (χ2n) is 11.0. The van der Waals surface area contributed by atoms with Crippen molar-refractivity contribution in [3.8, 4) is 0 Å². The molecule has 236 valence electrons. The van der Waals surface area contributed by atoms with Crippen LogP contribution in [-0.2, 0) is 39.0 Å². The molecule has 0 aliphatic heterocycles. The first kappa shape index (κ1) is 33.9. The van der Waals surface area contributed by atoms with E-state index in [1.807, 2.05) is 87.5 Å². The van der Waals surface area contributed by atoms with Crippen molar-refractivity contribution < 1.29 is 18.0 Å². The molecule has 0 saturated heterocycles. The quantitative estimate of drug-likeness (QED) is 0.159. The lowest BCUT2D eigenvalue weighted by molar-refractivity contribution is -0.140. The first-order valence-corrected chi connectivity index (χ1v) is 17.4. The molecule has 0 aliphatic carbocycles. The number of hydrogen-bond donors (Lipinski definition) is 1. The van der Waals surface area contributed by atoms with Crippen LogP contribution in [-0.4, -0.2) is 43.8 Å². The fourth-order valence-corrected chi connectivity index (χ4v) is 7.03. The third-order valence-corrected chi connectivity index (χ3v) is 10.0. The highest BCUT2D eigenvalue weighted by molar-refractivity contribution is 9.10. The Kier molecular flexibility index (Phi) is 12.0. The number of sulfonamides is 1. The van der Waals surface area contributed by atoms with Crippen molar-refractivity contribution >= 4 is 43.5 Å². The van der Waals surface area contributed by atoms with Gasteiger partial charge in [0.25, 0.3) is 10.0 Å². The van der Waals surface area contributed by atoms with E-state index in [1.165, 1.54) is 21.3 Å². The zero-order valence-corrected chi connectivity index (χ0v) is 28.3. The van der Waals surface area contributed by atoms with Gasteiger partial charge in [-0.1, -0.05) is 109 Å². The molecule has 4 aromatic rings. The minimum absolute atomic E-state index is 0.0811. The molecule has 0 saturated carbocycles. The number of anilines is 1. The van der Waals surface area contributed by atoms with Crippen LogP contribution >= 0.6 is 15.9 Å². The van der Waals surface area contributed by atoms with Crippen molar-refractivity contribution in [2.45, 2.75) is 63.6 Å². The van der Waals surface area contributed by atoms with Gasteiger partial charge in [0.1, 0.15) is 12.6 Å². The number of carbonyl (C=O) groups is 2. The van der Waals surface area contributed by atoms with Crippen LogP contribution in [0.4, 0.5) is 5.69 Å². The average molecular weight is 691 g/mol. The third kappa shape index (κ3) is 8.83. The number of amides is 2. The maximum absolute atomic E-state index is 14.6. The van der Waals surface area contributed by atoms with Crippen molar-refractivity contribution in [3.05, 3.63) is 130 Å². The molecule has 0 spiro atoms. The summed E-state index contributed by atoms with van der Waals surface area (Å²) >= 11 is 3.52. The van der Waals surface area contributed by atoms with Gasteiger partial charge in [0.2, 0.25) is 11.8 Å². The molecule has 0 heterocycles. The highest BCUT2D eigenvalue weighted by Gasteiger charge is 2.35. The monoisotopic (exact) mass is 689 g/mol. The molecule has 9 heteroatoms. The summed E-state index contributed by atoms with van der Waals surface area (Å²) in [5.41, 5.74) is 2.92. The van der Waals surface area contributed by atoms with Crippen molar-refractivity contribution in [1.29, 1.82) is 0 Å². The average Bonchev–Trinajstić information content (AvgIpc) is 3.05. The van der Waals surface area contributed by atoms with Crippen LogP contribution in [0.2, 0.25) is 0 Å². The first-order chi connectivity index (χ1) is 21.6. The Labute approximate surface area is 275 Å². The summed E-state index contributed by atoms with van der Waals surface area (Å²) in [5, 5.41) is 3.07. The molecule has 0 radical (unpaired) electrons. The molecule has 1 N–H and O–H groups in total. The Morgan fingerprint density at radius 1 is 0.822 bits per heavy atom. The summed E-state index contributed by atoms with van der Waals surface area (Å²) in [6, 6.07) is 31.4. The van der Waals surface area contributed by atoms with E-state index in [4.69, 9.17) is 0 Å². The number of aryl methyl sites for hydroxylation is 1. The van der Waals surface area contributed by atoms with Gasteiger partial charge in [-0.2, -0.15) is 0 Å². The summed E-state index contributed by atoms with van der Waals surface area (Å²) in [6.07, 6.45) is 1.56. The molecule has 0 aromatic heterocycles. The van der Waals surface area contributed by atoms with Crippen molar-refractivity contribution in [2.24, 2.45) is 0 Å². The third-order valence-electron chi connectivity index (χ3n) is 7.77.